The Balaban J connectivity index is 1.52. The maximum atomic E-state index is 13.2. The molecule has 2 aromatic heterocycles. The number of hydrogen-bond acceptors (Lipinski definition) is 6. The van der Waals surface area contributed by atoms with E-state index in [0.717, 1.165) is 42.1 Å². The third kappa shape index (κ3) is 3.50. The topological polar surface area (TPSA) is 92.0 Å². The van der Waals surface area contributed by atoms with Crippen molar-refractivity contribution in [2.75, 3.05) is 29.9 Å². The lowest BCUT2D eigenvalue weighted by atomic mass is 9.91. The van der Waals surface area contributed by atoms with Gasteiger partial charge in [-0.05, 0) is 32.4 Å². The lowest BCUT2D eigenvalue weighted by Crippen LogP contribution is -2.28. The van der Waals surface area contributed by atoms with Gasteiger partial charge in [0, 0.05) is 48.9 Å². The standard InChI is InChI=1S/C23H27N5O3/c1-22(2)11-15-9-17(26-21(30)16-12-25-28-7-4-6-24-20(16)28)18(10-19(15)31-22)27-8-5-23(3,13-27)14-29/h4,6-7,9-10,12,29H,5,8,11,13-14H2,1-3H3,(H,26,30). The average molecular weight is 422 g/mol. The molecular weight excluding hydrogens is 394 g/mol. The number of anilines is 2. The average Bonchev–Trinajstić information content (AvgIpc) is 3.41. The number of hydrogen-bond donors (Lipinski definition) is 2. The van der Waals surface area contributed by atoms with Crippen LogP contribution in [0.3, 0.4) is 0 Å². The molecule has 0 bridgehead atoms. The largest absolute Gasteiger partial charge is 0.487 e. The van der Waals surface area contributed by atoms with Crippen molar-refractivity contribution in [2.45, 2.75) is 39.2 Å². The van der Waals surface area contributed by atoms with Crippen molar-refractivity contribution >= 4 is 22.9 Å². The fourth-order valence-electron chi connectivity index (χ4n) is 4.54. The van der Waals surface area contributed by atoms with Gasteiger partial charge in [0.15, 0.2) is 5.65 Å². The third-order valence-corrected chi connectivity index (χ3v) is 6.23. The molecule has 1 amide bonds. The Morgan fingerprint density at radius 3 is 2.94 bits per heavy atom. The predicted molar refractivity (Wildman–Crippen MR) is 118 cm³/mol. The van der Waals surface area contributed by atoms with Crippen molar-refractivity contribution in [3.05, 3.63) is 47.9 Å². The fraction of sp³-hybridized carbons (Fsp3) is 0.435. The highest BCUT2D eigenvalue weighted by molar-refractivity contribution is 6.09. The summed E-state index contributed by atoms with van der Waals surface area (Å²) in [5, 5.41) is 17.1. The quantitative estimate of drug-likeness (QED) is 0.673. The highest BCUT2D eigenvalue weighted by Crippen LogP contribution is 2.44. The molecule has 1 atom stereocenters. The van der Waals surface area contributed by atoms with E-state index in [9.17, 15) is 9.90 Å². The van der Waals surface area contributed by atoms with Gasteiger partial charge in [-0.15, -0.1) is 0 Å². The molecule has 3 aromatic rings. The summed E-state index contributed by atoms with van der Waals surface area (Å²) in [6.45, 7) is 7.87. The van der Waals surface area contributed by atoms with Crippen LogP contribution in [0, 0.1) is 5.41 Å². The molecule has 31 heavy (non-hydrogen) atoms. The van der Waals surface area contributed by atoms with E-state index in [4.69, 9.17) is 4.74 Å². The molecule has 162 valence electrons. The Labute approximate surface area is 180 Å². The SMILES string of the molecule is CC1(CO)CCN(c2cc3c(cc2NC(=O)c2cnn4cccnc24)CC(C)(C)O3)C1. The third-order valence-electron chi connectivity index (χ3n) is 6.23. The summed E-state index contributed by atoms with van der Waals surface area (Å²) < 4.78 is 7.74. The van der Waals surface area contributed by atoms with Gasteiger partial charge >= 0.3 is 0 Å². The number of aliphatic hydroxyl groups excluding tert-OH is 1. The van der Waals surface area contributed by atoms with Crippen LogP contribution in [0.1, 0.15) is 43.1 Å². The monoisotopic (exact) mass is 421 g/mol. The molecule has 0 aliphatic carbocycles. The van der Waals surface area contributed by atoms with E-state index in [2.05, 4.69) is 41.1 Å². The van der Waals surface area contributed by atoms with Crippen LogP contribution in [0.5, 0.6) is 5.75 Å². The molecule has 0 spiro atoms. The zero-order valence-electron chi connectivity index (χ0n) is 18.1. The molecule has 1 unspecified atom stereocenters. The molecule has 1 saturated heterocycles. The van der Waals surface area contributed by atoms with Gasteiger partial charge in [-0.1, -0.05) is 6.92 Å². The Kier molecular flexibility index (Phi) is 4.44. The van der Waals surface area contributed by atoms with E-state index in [1.54, 1.807) is 23.0 Å². The Hall–Kier alpha value is -3.13. The first kappa shape index (κ1) is 19.8. The summed E-state index contributed by atoms with van der Waals surface area (Å²) in [6.07, 6.45) is 6.61. The maximum absolute atomic E-state index is 13.2. The van der Waals surface area contributed by atoms with Gasteiger partial charge in [-0.3, -0.25) is 4.79 Å². The molecular formula is C23H27N5O3. The number of carbonyl (C=O) groups is 1. The molecule has 1 fully saturated rings. The van der Waals surface area contributed by atoms with Gasteiger partial charge in [0.2, 0.25) is 0 Å². The molecule has 0 radical (unpaired) electrons. The van der Waals surface area contributed by atoms with Crippen LogP contribution in [-0.2, 0) is 6.42 Å². The first-order valence-electron chi connectivity index (χ1n) is 10.6. The van der Waals surface area contributed by atoms with Gasteiger partial charge < -0.3 is 20.1 Å². The van der Waals surface area contributed by atoms with Gasteiger partial charge in [0.05, 0.1) is 24.2 Å². The van der Waals surface area contributed by atoms with Gasteiger partial charge in [-0.2, -0.15) is 5.10 Å². The number of ether oxygens (including phenoxy) is 1. The minimum absolute atomic E-state index is 0.133. The van der Waals surface area contributed by atoms with Crippen LogP contribution in [0.2, 0.25) is 0 Å². The van der Waals surface area contributed by atoms with Crippen LogP contribution in [-0.4, -0.2) is 50.9 Å². The molecule has 0 saturated carbocycles. The van der Waals surface area contributed by atoms with E-state index >= 15 is 0 Å². The summed E-state index contributed by atoms with van der Waals surface area (Å²) in [5.41, 5.74) is 3.22. The number of fused-ring (bicyclic) bond motifs is 2. The van der Waals surface area contributed by atoms with Crippen LogP contribution >= 0.6 is 0 Å². The van der Waals surface area contributed by atoms with Crippen LogP contribution in [0.4, 0.5) is 11.4 Å². The number of benzene rings is 1. The molecule has 4 heterocycles. The molecule has 5 rings (SSSR count). The highest BCUT2D eigenvalue weighted by atomic mass is 16.5. The lowest BCUT2D eigenvalue weighted by molar-refractivity contribution is 0.102. The lowest BCUT2D eigenvalue weighted by Gasteiger charge is -2.26. The molecule has 2 aliphatic heterocycles. The number of rotatable bonds is 4. The molecule has 2 N–H and O–H groups in total. The minimum Gasteiger partial charge on any atom is -0.487 e. The van der Waals surface area contributed by atoms with Crippen molar-refractivity contribution in [1.82, 2.24) is 14.6 Å². The highest BCUT2D eigenvalue weighted by Gasteiger charge is 2.37. The van der Waals surface area contributed by atoms with E-state index in [1.807, 2.05) is 12.1 Å². The van der Waals surface area contributed by atoms with Crippen LogP contribution < -0.4 is 15.0 Å². The molecule has 2 aliphatic rings. The zero-order valence-corrected chi connectivity index (χ0v) is 18.1. The Morgan fingerprint density at radius 1 is 1.32 bits per heavy atom. The molecule has 8 nitrogen and oxygen atoms in total. The second-order valence-corrected chi connectivity index (χ2v) is 9.56. The van der Waals surface area contributed by atoms with Crippen molar-refractivity contribution in [2.24, 2.45) is 5.41 Å². The van der Waals surface area contributed by atoms with Crippen molar-refractivity contribution in [3.63, 3.8) is 0 Å². The van der Waals surface area contributed by atoms with E-state index < -0.39 is 0 Å². The second kappa shape index (κ2) is 6.95. The fourth-order valence-corrected chi connectivity index (χ4v) is 4.54. The first-order chi connectivity index (χ1) is 14.8. The number of carbonyl (C=O) groups excluding carboxylic acids is 1. The zero-order chi connectivity index (χ0) is 21.8. The minimum atomic E-state index is -0.279. The predicted octanol–water partition coefficient (Wildman–Crippen LogP) is 2.90. The summed E-state index contributed by atoms with van der Waals surface area (Å²) in [7, 11) is 0. The molecule has 1 aromatic carbocycles. The number of nitrogens with zero attached hydrogens (tertiary/aromatic N) is 4. The summed E-state index contributed by atoms with van der Waals surface area (Å²) in [6, 6.07) is 5.82. The van der Waals surface area contributed by atoms with E-state index in [0.29, 0.717) is 17.8 Å². The number of amides is 1. The van der Waals surface area contributed by atoms with Crippen molar-refractivity contribution < 1.29 is 14.6 Å². The van der Waals surface area contributed by atoms with Crippen LogP contribution in [0.25, 0.3) is 5.65 Å². The number of nitrogens with one attached hydrogen (secondary N) is 1. The normalized spacial score (nSPS) is 21.9. The summed E-state index contributed by atoms with van der Waals surface area (Å²) >= 11 is 0. The van der Waals surface area contributed by atoms with E-state index in [-0.39, 0.29) is 23.5 Å². The summed E-state index contributed by atoms with van der Waals surface area (Å²) in [4.78, 5) is 19.7. The number of aliphatic hydroxyl groups is 1. The smallest absolute Gasteiger partial charge is 0.261 e. The van der Waals surface area contributed by atoms with Gasteiger partial charge in [0.25, 0.3) is 5.91 Å². The molecule has 8 heteroatoms. The van der Waals surface area contributed by atoms with Gasteiger partial charge in [0.1, 0.15) is 16.9 Å². The first-order valence-corrected chi connectivity index (χ1v) is 10.6. The maximum Gasteiger partial charge on any atom is 0.261 e. The second-order valence-electron chi connectivity index (χ2n) is 9.56. The van der Waals surface area contributed by atoms with Crippen LogP contribution in [0.15, 0.2) is 36.8 Å². The Bertz CT molecular complexity index is 1170. The summed E-state index contributed by atoms with van der Waals surface area (Å²) in [5.74, 6) is 0.602. The van der Waals surface area contributed by atoms with E-state index in [1.165, 1.54) is 6.20 Å². The number of aromatic nitrogens is 3. The van der Waals surface area contributed by atoms with Crippen molar-refractivity contribution in [1.29, 1.82) is 0 Å². The van der Waals surface area contributed by atoms with Crippen molar-refractivity contribution in [3.8, 4) is 5.75 Å². The Morgan fingerprint density at radius 2 is 2.16 bits per heavy atom. The van der Waals surface area contributed by atoms with Gasteiger partial charge in [-0.25, -0.2) is 9.50 Å².